The topological polar surface area (TPSA) is 55.4 Å². The number of nitrogens with zero attached hydrogens (tertiary/aromatic N) is 3. The van der Waals surface area contributed by atoms with Crippen molar-refractivity contribution in [1.82, 2.24) is 19.8 Å². The van der Waals surface area contributed by atoms with Crippen molar-refractivity contribution in [2.24, 2.45) is 5.92 Å². The van der Waals surface area contributed by atoms with E-state index >= 15 is 0 Å². The minimum atomic E-state index is 0.274. The summed E-state index contributed by atoms with van der Waals surface area (Å²) in [5, 5.41) is 9.29. The average Bonchev–Trinajstić information content (AvgIpc) is 2.78. The number of H-pyrrole nitrogens is 1. The van der Waals surface area contributed by atoms with Crippen LogP contribution in [0.1, 0.15) is 31.8 Å². The molecular weight excluding hydrogens is 252 g/mol. The van der Waals surface area contributed by atoms with Gasteiger partial charge < -0.3 is 10.1 Å². The molecule has 1 aliphatic rings. The first-order valence-electron chi connectivity index (χ1n) is 7.66. The summed E-state index contributed by atoms with van der Waals surface area (Å²) in [5.41, 5.74) is 1.18. The first kappa shape index (κ1) is 15.5. The van der Waals surface area contributed by atoms with Crippen molar-refractivity contribution < 1.29 is 5.11 Å². The maximum absolute atomic E-state index is 9.29. The lowest BCUT2D eigenvalue weighted by Crippen LogP contribution is -2.53. The quantitative estimate of drug-likeness (QED) is 0.823. The molecule has 0 saturated carbocycles. The van der Waals surface area contributed by atoms with E-state index in [4.69, 9.17) is 0 Å². The second kappa shape index (κ2) is 7.20. The van der Waals surface area contributed by atoms with Gasteiger partial charge in [-0.15, -0.1) is 0 Å². The van der Waals surface area contributed by atoms with Crippen molar-refractivity contribution in [3.8, 4) is 0 Å². The molecule has 0 aromatic carbocycles. The molecule has 1 atom stereocenters. The summed E-state index contributed by atoms with van der Waals surface area (Å²) >= 11 is 0. The van der Waals surface area contributed by atoms with Gasteiger partial charge in [0.1, 0.15) is 5.82 Å². The Morgan fingerprint density at radius 1 is 1.45 bits per heavy atom. The third-order valence-electron chi connectivity index (χ3n) is 3.90. The van der Waals surface area contributed by atoms with Crippen LogP contribution >= 0.6 is 0 Å². The Bertz CT molecular complexity index is 404. The van der Waals surface area contributed by atoms with Gasteiger partial charge in [0.15, 0.2) is 0 Å². The first-order valence-corrected chi connectivity index (χ1v) is 7.66. The molecule has 0 radical (unpaired) electrons. The first-order chi connectivity index (χ1) is 9.58. The lowest BCUT2D eigenvalue weighted by Gasteiger charge is -2.42. The van der Waals surface area contributed by atoms with E-state index in [2.05, 4.69) is 33.6 Å². The van der Waals surface area contributed by atoms with Crippen molar-refractivity contribution in [3.05, 3.63) is 17.7 Å². The van der Waals surface area contributed by atoms with Gasteiger partial charge in [0.2, 0.25) is 0 Å². The third-order valence-corrected chi connectivity index (χ3v) is 3.90. The minimum absolute atomic E-state index is 0.274. The van der Waals surface area contributed by atoms with Crippen LogP contribution in [0.15, 0.2) is 6.20 Å². The summed E-state index contributed by atoms with van der Waals surface area (Å²) in [6, 6.07) is 0.472. The summed E-state index contributed by atoms with van der Waals surface area (Å²) in [4.78, 5) is 12.6. The molecule has 5 nitrogen and oxygen atoms in total. The minimum Gasteiger partial charge on any atom is -0.396 e. The number of hydrogen-bond donors (Lipinski definition) is 2. The molecular formula is C15H28N4O. The van der Waals surface area contributed by atoms with Crippen LogP contribution in [-0.2, 0) is 6.54 Å². The fraction of sp³-hybridized carbons (Fsp3) is 0.800. The highest BCUT2D eigenvalue weighted by Gasteiger charge is 2.27. The van der Waals surface area contributed by atoms with Crippen LogP contribution in [0.5, 0.6) is 0 Å². The standard InChI is InChI=1S/C15H28N4O/c1-12(2)9-19-6-5-18(11-15(19)4-7-20)10-14-8-16-13(3)17-14/h8,12,15,20H,4-7,9-11H2,1-3H3,(H,16,17). The number of piperazine rings is 1. The van der Waals surface area contributed by atoms with Gasteiger partial charge in [0.25, 0.3) is 0 Å². The second-order valence-corrected chi connectivity index (χ2v) is 6.28. The number of rotatable bonds is 6. The van der Waals surface area contributed by atoms with Crippen LogP contribution < -0.4 is 0 Å². The summed E-state index contributed by atoms with van der Waals surface area (Å²) in [6.07, 6.45) is 2.79. The van der Waals surface area contributed by atoms with Crippen molar-refractivity contribution in [2.75, 3.05) is 32.8 Å². The maximum Gasteiger partial charge on any atom is 0.103 e. The normalized spacial score (nSPS) is 21.8. The van der Waals surface area contributed by atoms with Crippen LogP contribution in [0.25, 0.3) is 0 Å². The Hall–Kier alpha value is -0.910. The van der Waals surface area contributed by atoms with Crippen molar-refractivity contribution in [1.29, 1.82) is 0 Å². The van der Waals surface area contributed by atoms with E-state index in [0.717, 1.165) is 45.0 Å². The van der Waals surface area contributed by atoms with Crippen molar-refractivity contribution >= 4 is 0 Å². The number of aliphatic hydroxyl groups is 1. The molecule has 2 rings (SSSR count). The van der Waals surface area contributed by atoms with Crippen LogP contribution in [0.3, 0.4) is 0 Å². The lowest BCUT2D eigenvalue weighted by atomic mass is 10.1. The predicted octanol–water partition coefficient (Wildman–Crippen LogP) is 1.24. The molecule has 1 aliphatic heterocycles. The molecule has 2 heterocycles. The van der Waals surface area contributed by atoms with E-state index in [0.29, 0.717) is 12.0 Å². The molecule has 1 saturated heterocycles. The Morgan fingerprint density at radius 2 is 2.25 bits per heavy atom. The fourth-order valence-corrected chi connectivity index (χ4v) is 3.03. The van der Waals surface area contributed by atoms with Gasteiger partial charge >= 0.3 is 0 Å². The monoisotopic (exact) mass is 280 g/mol. The number of nitrogens with one attached hydrogen (secondary N) is 1. The summed E-state index contributed by atoms with van der Waals surface area (Å²) in [7, 11) is 0. The van der Waals surface area contributed by atoms with Crippen molar-refractivity contribution in [2.45, 2.75) is 39.8 Å². The van der Waals surface area contributed by atoms with Crippen LogP contribution in [0.4, 0.5) is 0 Å². The van der Waals surface area contributed by atoms with E-state index in [1.165, 1.54) is 5.69 Å². The van der Waals surface area contributed by atoms with E-state index < -0.39 is 0 Å². The molecule has 1 aromatic rings. The Balaban J connectivity index is 1.91. The predicted molar refractivity (Wildman–Crippen MR) is 80.5 cm³/mol. The van der Waals surface area contributed by atoms with Crippen LogP contribution in [-0.4, -0.2) is 63.7 Å². The second-order valence-electron chi connectivity index (χ2n) is 6.28. The highest BCUT2D eigenvalue weighted by Crippen LogP contribution is 2.16. The van der Waals surface area contributed by atoms with E-state index in [1.54, 1.807) is 0 Å². The van der Waals surface area contributed by atoms with Gasteiger partial charge in [-0.3, -0.25) is 9.80 Å². The zero-order valence-electron chi connectivity index (χ0n) is 13.0. The van der Waals surface area contributed by atoms with Gasteiger partial charge in [-0.1, -0.05) is 13.8 Å². The lowest BCUT2D eigenvalue weighted by molar-refractivity contribution is 0.0472. The number of aromatic amines is 1. The van der Waals surface area contributed by atoms with Crippen molar-refractivity contribution in [3.63, 3.8) is 0 Å². The summed E-state index contributed by atoms with van der Waals surface area (Å²) in [5.74, 6) is 1.66. The molecule has 1 aromatic heterocycles. The highest BCUT2D eigenvalue weighted by atomic mass is 16.3. The van der Waals surface area contributed by atoms with E-state index in [9.17, 15) is 5.11 Å². The van der Waals surface area contributed by atoms with Gasteiger partial charge in [0, 0.05) is 57.3 Å². The summed E-state index contributed by atoms with van der Waals surface area (Å²) in [6.45, 7) is 12.1. The van der Waals surface area contributed by atoms with Gasteiger partial charge in [-0.25, -0.2) is 4.98 Å². The summed E-state index contributed by atoms with van der Waals surface area (Å²) < 4.78 is 0. The third kappa shape index (κ3) is 4.30. The van der Waals surface area contributed by atoms with E-state index in [1.807, 2.05) is 13.1 Å². The fourth-order valence-electron chi connectivity index (χ4n) is 3.03. The smallest absolute Gasteiger partial charge is 0.103 e. The molecule has 0 spiro atoms. The molecule has 1 unspecified atom stereocenters. The number of hydrogen-bond acceptors (Lipinski definition) is 4. The average molecular weight is 280 g/mol. The molecule has 0 aliphatic carbocycles. The van der Waals surface area contributed by atoms with Gasteiger partial charge in [-0.2, -0.15) is 0 Å². The Kier molecular flexibility index (Phi) is 5.57. The molecule has 5 heteroatoms. The molecule has 0 amide bonds. The molecule has 1 fully saturated rings. The molecule has 114 valence electrons. The van der Waals surface area contributed by atoms with Crippen LogP contribution in [0.2, 0.25) is 0 Å². The molecule has 2 N–H and O–H groups in total. The Labute approximate surface area is 122 Å². The molecule has 0 bridgehead atoms. The van der Waals surface area contributed by atoms with Gasteiger partial charge in [0.05, 0.1) is 0 Å². The zero-order chi connectivity index (χ0) is 14.5. The number of aliphatic hydroxyl groups excluding tert-OH is 1. The largest absolute Gasteiger partial charge is 0.396 e. The molecule has 20 heavy (non-hydrogen) atoms. The van der Waals surface area contributed by atoms with Crippen LogP contribution in [0, 0.1) is 12.8 Å². The highest BCUT2D eigenvalue weighted by molar-refractivity contribution is 5.00. The van der Waals surface area contributed by atoms with Gasteiger partial charge in [-0.05, 0) is 19.3 Å². The zero-order valence-corrected chi connectivity index (χ0v) is 13.0. The SMILES string of the molecule is Cc1ncc(CN2CCN(CC(C)C)C(CCO)C2)[nH]1. The number of imidazole rings is 1. The Morgan fingerprint density at radius 3 is 2.85 bits per heavy atom. The maximum atomic E-state index is 9.29. The number of aryl methyl sites for hydroxylation is 1. The number of aromatic nitrogens is 2. The van der Waals surface area contributed by atoms with E-state index in [-0.39, 0.29) is 6.61 Å².